The van der Waals surface area contributed by atoms with Crippen molar-refractivity contribution in [2.45, 2.75) is 19.9 Å². The van der Waals surface area contributed by atoms with Gasteiger partial charge in [0.1, 0.15) is 23.9 Å². The van der Waals surface area contributed by atoms with Crippen molar-refractivity contribution in [1.29, 1.82) is 0 Å². The number of benzene rings is 1. The van der Waals surface area contributed by atoms with Crippen molar-refractivity contribution in [3.8, 4) is 0 Å². The number of nitrogens with one attached hydrogen (secondary N) is 2. The molecule has 1 amide bonds. The molecule has 0 saturated carbocycles. The molecule has 2 rings (SSSR count). The molecule has 25 heavy (non-hydrogen) atoms. The predicted molar refractivity (Wildman–Crippen MR) is 90.1 cm³/mol. The number of hydrogen-bond acceptors (Lipinski definition) is 3. The van der Waals surface area contributed by atoms with Crippen molar-refractivity contribution in [2.24, 2.45) is 10.7 Å². The molecule has 0 spiro atoms. The molecule has 0 unspecified atom stereocenters. The number of hydrogen-bond donors (Lipinski definition) is 3. The second-order valence-corrected chi connectivity index (χ2v) is 5.24. The number of carbonyl (C=O) groups excluding carboxylic acids is 1. The van der Waals surface area contributed by atoms with Crippen molar-refractivity contribution >= 4 is 11.9 Å². The molecule has 1 heterocycles. The average Bonchev–Trinajstić information content (AvgIpc) is 3.05. The topological polar surface area (TPSA) is 92.6 Å². The highest BCUT2D eigenvalue weighted by Gasteiger charge is 2.07. The highest BCUT2D eigenvalue weighted by Crippen LogP contribution is 2.10. The van der Waals surface area contributed by atoms with Crippen LogP contribution < -0.4 is 16.4 Å². The number of furan rings is 1. The van der Waals surface area contributed by atoms with Gasteiger partial charge in [-0.3, -0.25) is 4.79 Å². The summed E-state index contributed by atoms with van der Waals surface area (Å²) in [6.45, 7) is 3.11. The van der Waals surface area contributed by atoms with Crippen LogP contribution in [0.15, 0.2) is 39.7 Å². The van der Waals surface area contributed by atoms with E-state index in [1.807, 2.05) is 6.92 Å². The van der Waals surface area contributed by atoms with Crippen LogP contribution in [0.3, 0.4) is 0 Å². The Bertz CT molecular complexity index is 759. The SMILES string of the molecule is CCNC(=NCc1ccc(C(N)=O)o1)NCCc1cc(F)ccc1F. The summed E-state index contributed by atoms with van der Waals surface area (Å²) in [5.41, 5.74) is 5.42. The number of nitrogens with two attached hydrogens (primary N) is 1. The van der Waals surface area contributed by atoms with Gasteiger partial charge in [0.15, 0.2) is 11.7 Å². The lowest BCUT2D eigenvalue weighted by molar-refractivity contribution is 0.0972. The van der Waals surface area contributed by atoms with Gasteiger partial charge in [-0.1, -0.05) is 0 Å². The molecule has 1 aromatic carbocycles. The van der Waals surface area contributed by atoms with Gasteiger partial charge in [0.25, 0.3) is 5.91 Å². The number of nitrogens with zero attached hydrogens (tertiary/aromatic N) is 1. The van der Waals surface area contributed by atoms with Gasteiger partial charge in [-0.05, 0) is 49.2 Å². The molecule has 8 heteroatoms. The lowest BCUT2D eigenvalue weighted by Gasteiger charge is -2.11. The lowest BCUT2D eigenvalue weighted by Crippen LogP contribution is -2.38. The molecule has 0 saturated heterocycles. The summed E-state index contributed by atoms with van der Waals surface area (Å²) in [6.07, 6.45) is 0.306. The molecule has 1 aromatic heterocycles. The van der Waals surface area contributed by atoms with Gasteiger partial charge in [0, 0.05) is 13.1 Å². The van der Waals surface area contributed by atoms with E-state index in [9.17, 15) is 13.6 Å². The fourth-order valence-electron chi connectivity index (χ4n) is 2.14. The Balaban J connectivity index is 1.92. The zero-order chi connectivity index (χ0) is 18.2. The van der Waals surface area contributed by atoms with E-state index in [2.05, 4.69) is 15.6 Å². The number of primary amides is 1. The van der Waals surface area contributed by atoms with E-state index in [0.29, 0.717) is 36.8 Å². The van der Waals surface area contributed by atoms with Gasteiger partial charge in [0.05, 0.1) is 0 Å². The van der Waals surface area contributed by atoms with Crippen LogP contribution in [-0.2, 0) is 13.0 Å². The summed E-state index contributed by atoms with van der Waals surface area (Å²) < 4.78 is 32.0. The Morgan fingerprint density at radius 1 is 1.24 bits per heavy atom. The van der Waals surface area contributed by atoms with Crippen molar-refractivity contribution in [3.05, 3.63) is 59.1 Å². The lowest BCUT2D eigenvalue weighted by atomic mass is 10.1. The van der Waals surface area contributed by atoms with Crippen LogP contribution in [0.2, 0.25) is 0 Å². The minimum Gasteiger partial charge on any atom is -0.454 e. The quantitative estimate of drug-likeness (QED) is 0.526. The molecule has 6 nitrogen and oxygen atoms in total. The standard InChI is InChI=1S/C17H20F2N4O2/c1-2-21-17(23-10-13-4-6-15(25-13)16(20)24)22-8-7-11-9-12(18)3-5-14(11)19/h3-6,9H,2,7-8,10H2,1H3,(H2,20,24)(H2,21,22,23). The second kappa shape index (κ2) is 8.81. The van der Waals surface area contributed by atoms with Crippen molar-refractivity contribution in [1.82, 2.24) is 10.6 Å². The van der Waals surface area contributed by atoms with Crippen LogP contribution >= 0.6 is 0 Å². The maximum atomic E-state index is 13.6. The minimum absolute atomic E-state index is 0.0738. The van der Waals surface area contributed by atoms with Gasteiger partial charge >= 0.3 is 0 Å². The Morgan fingerprint density at radius 3 is 2.72 bits per heavy atom. The van der Waals surface area contributed by atoms with Crippen LogP contribution in [0.5, 0.6) is 0 Å². The zero-order valence-electron chi connectivity index (χ0n) is 13.8. The monoisotopic (exact) mass is 350 g/mol. The minimum atomic E-state index is -0.641. The maximum absolute atomic E-state index is 13.6. The number of guanidine groups is 1. The third-order valence-electron chi connectivity index (χ3n) is 3.34. The molecule has 0 aliphatic rings. The van der Waals surface area contributed by atoms with Gasteiger partial charge in [-0.15, -0.1) is 0 Å². The maximum Gasteiger partial charge on any atom is 0.284 e. The van der Waals surface area contributed by atoms with E-state index in [1.54, 1.807) is 6.07 Å². The Kier molecular flexibility index (Phi) is 6.50. The van der Waals surface area contributed by atoms with Crippen LogP contribution in [0.1, 0.15) is 28.8 Å². The normalized spacial score (nSPS) is 11.4. The Labute approximate surface area is 144 Å². The first-order valence-electron chi connectivity index (χ1n) is 7.84. The number of halogens is 2. The zero-order valence-corrected chi connectivity index (χ0v) is 13.8. The summed E-state index contributed by atoms with van der Waals surface area (Å²) in [4.78, 5) is 15.3. The smallest absolute Gasteiger partial charge is 0.284 e. The summed E-state index contributed by atoms with van der Waals surface area (Å²) >= 11 is 0. The molecular formula is C17H20F2N4O2. The molecule has 2 aromatic rings. The van der Waals surface area contributed by atoms with Crippen molar-refractivity contribution in [3.63, 3.8) is 0 Å². The molecule has 134 valence electrons. The average molecular weight is 350 g/mol. The van der Waals surface area contributed by atoms with Crippen LogP contribution in [0.25, 0.3) is 0 Å². The first-order chi connectivity index (χ1) is 12.0. The highest BCUT2D eigenvalue weighted by molar-refractivity contribution is 5.89. The van der Waals surface area contributed by atoms with E-state index in [1.165, 1.54) is 12.1 Å². The Morgan fingerprint density at radius 2 is 2.04 bits per heavy atom. The molecule has 0 fully saturated rings. The fourth-order valence-corrected chi connectivity index (χ4v) is 2.14. The van der Waals surface area contributed by atoms with Crippen LogP contribution in [0, 0.1) is 11.6 Å². The molecule has 0 bridgehead atoms. The molecule has 0 atom stereocenters. The highest BCUT2D eigenvalue weighted by atomic mass is 19.1. The predicted octanol–water partition coefficient (Wildman–Crippen LogP) is 1.95. The van der Waals surface area contributed by atoms with E-state index in [0.717, 1.165) is 12.1 Å². The van der Waals surface area contributed by atoms with Gasteiger partial charge in [-0.25, -0.2) is 13.8 Å². The molecule has 4 N–H and O–H groups in total. The third kappa shape index (κ3) is 5.59. The van der Waals surface area contributed by atoms with Gasteiger partial charge < -0.3 is 20.8 Å². The van der Waals surface area contributed by atoms with Crippen LogP contribution in [0.4, 0.5) is 8.78 Å². The summed E-state index contributed by atoms with van der Waals surface area (Å²) in [5, 5.41) is 6.06. The van der Waals surface area contributed by atoms with E-state index < -0.39 is 17.5 Å². The molecular weight excluding hydrogens is 330 g/mol. The number of carbonyl (C=O) groups is 1. The number of amides is 1. The summed E-state index contributed by atoms with van der Waals surface area (Å²) in [5.74, 6) is -0.500. The van der Waals surface area contributed by atoms with E-state index in [4.69, 9.17) is 10.2 Å². The Hall–Kier alpha value is -2.90. The first kappa shape index (κ1) is 18.4. The van der Waals surface area contributed by atoms with E-state index in [-0.39, 0.29) is 12.3 Å². The van der Waals surface area contributed by atoms with Gasteiger partial charge in [-0.2, -0.15) is 0 Å². The van der Waals surface area contributed by atoms with E-state index >= 15 is 0 Å². The van der Waals surface area contributed by atoms with Crippen LogP contribution in [-0.4, -0.2) is 25.0 Å². The number of aliphatic imine (C=N–C) groups is 1. The molecule has 0 aliphatic heterocycles. The van der Waals surface area contributed by atoms with Gasteiger partial charge in [0.2, 0.25) is 0 Å². The molecule has 0 aliphatic carbocycles. The van der Waals surface area contributed by atoms with Crippen molar-refractivity contribution in [2.75, 3.05) is 13.1 Å². The summed E-state index contributed by atoms with van der Waals surface area (Å²) in [6, 6.07) is 6.48. The second-order valence-electron chi connectivity index (χ2n) is 5.24. The molecule has 0 radical (unpaired) electrons. The largest absolute Gasteiger partial charge is 0.454 e. The van der Waals surface area contributed by atoms with Crippen molar-refractivity contribution < 1.29 is 18.0 Å². The number of rotatable bonds is 7. The fraction of sp³-hybridized carbons (Fsp3) is 0.294. The first-order valence-corrected chi connectivity index (χ1v) is 7.84. The third-order valence-corrected chi connectivity index (χ3v) is 3.34. The summed E-state index contributed by atoms with van der Waals surface area (Å²) in [7, 11) is 0.